The Hall–Kier alpha value is -2.68. The molecule has 0 atom stereocenters. The van der Waals surface area contributed by atoms with E-state index in [-0.39, 0.29) is 16.5 Å². The molecule has 0 fully saturated rings. The zero-order chi connectivity index (χ0) is 21.1. The molecular weight excluding hydrogens is 405 g/mol. The Morgan fingerprint density at radius 1 is 1.20 bits per heavy atom. The molecule has 0 unspecified atom stereocenters. The lowest BCUT2D eigenvalue weighted by Gasteiger charge is -2.26. The van der Waals surface area contributed by atoms with Crippen LogP contribution >= 0.6 is 0 Å². The number of phenols is 1. The van der Waals surface area contributed by atoms with Crippen molar-refractivity contribution < 1.29 is 17.9 Å². The first kappa shape index (κ1) is 20.6. The first-order valence-corrected chi connectivity index (χ1v) is 11.4. The summed E-state index contributed by atoms with van der Waals surface area (Å²) in [6.45, 7) is 2.74. The van der Waals surface area contributed by atoms with Gasteiger partial charge in [0.05, 0.1) is 4.90 Å². The Morgan fingerprint density at radius 3 is 2.83 bits per heavy atom. The Labute approximate surface area is 175 Å². The molecule has 0 bridgehead atoms. The summed E-state index contributed by atoms with van der Waals surface area (Å²) in [4.78, 5) is 5.52. The molecule has 0 aliphatic carbocycles. The molecule has 0 amide bonds. The van der Waals surface area contributed by atoms with Gasteiger partial charge in [0.25, 0.3) is 0 Å². The van der Waals surface area contributed by atoms with Crippen LogP contribution in [0.2, 0.25) is 0 Å². The third-order valence-electron chi connectivity index (χ3n) is 5.35. The van der Waals surface area contributed by atoms with Gasteiger partial charge in [0.2, 0.25) is 10.0 Å². The zero-order valence-electron chi connectivity index (χ0n) is 16.4. The van der Waals surface area contributed by atoms with Crippen molar-refractivity contribution in [3.63, 3.8) is 0 Å². The molecule has 158 valence electrons. The van der Waals surface area contributed by atoms with E-state index in [0.717, 1.165) is 42.5 Å². The molecule has 1 aliphatic heterocycles. The van der Waals surface area contributed by atoms with Gasteiger partial charge in [-0.1, -0.05) is 12.1 Å². The van der Waals surface area contributed by atoms with Crippen molar-refractivity contribution >= 4 is 26.5 Å². The minimum Gasteiger partial charge on any atom is -0.508 e. The highest BCUT2D eigenvalue weighted by Gasteiger charge is 2.17. The summed E-state index contributed by atoms with van der Waals surface area (Å²) in [7, 11) is -3.62. The number of phenolic OH excluding ortho intramolecular Hbond substituents is 1. The summed E-state index contributed by atoms with van der Waals surface area (Å²) in [6, 6.07) is 10.4. The molecule has 8 heteroatoms. The van der Waals surface area contributed by atoms with Gasteiger partial charge in [-0.2, -0.15) is 0 Å². The molecule has 3 N–H and O–H groups in total. The van der Waals surface area contributed by atoms with E-state index in [9.17, 15) is 17.9 Å². The third kappa shape index (κ3) is 4.56. The number of nitrogens with one attached hydrogen (secondary N) is 2. The summed E-state index contributed by atoms with van der Waals surface area (Å²) in [5, 5.41) is 10.4. The molecule has 1 aliphatic rings. The number of H-pyrrole nitrogens is 1. The second-order valence-corrected chi connectivity index (χ2v) is 9.19. The van der Waals surface area contributed by atoms with Gasteiger partial charge in [-0.05, 0) is 61.4 Å². The lowest BCUT2D eigenvalue weighted by molar-refractivity contribution is 0.298. The first-order chi connectivity index (χ1) is 14.4. The number of sulfonamides is 1. The van der Waals surface area contributed by atoms with Crippen molar-refractivity contribution in [2.75, 3.05) is 26.2 Å². The Bertz CT molecular complexity index is 1190. The average molecular weight is 430 g/mol. The zero-order valence-corrected chi connectivity index (χ0v) is 17.3. The number of aromatic amines is 1. The number of fused-ring (bicyclic) bond motifs is 1. The van der Waals surface area contributed by atoms with E-state index < -0.39 is 10.0 Å². The van der Waals surface area contributed by atoms with E-state index in [4.69, 9.17) is 0 Å². The number of benzene rings is 2. The van der Waals surface area contributed by atoms with Crippen molar-refractivity contribution in [1.82, 2.24) is 14.6 Å². The number of rotatable bonds is 7. The molecule has 4 rings (SSSR count). The first-order valence-electron chi connectivity index (χ1n) is 9.89. The van der Waals surface area contributed by atoms with Crippen LogP contribution < -0.4 is 4.72 Å². The Kier molecular flexibility index (Phi) is 5.90. The maximum Gasteiger partial charge on any atom is 0.240 e. The lowest BCUT2D eigenvalue weighted by Crippen LogP contribution is -2.32. The number of hydrogen-bond acceptors (Lipinski definition) is 4. The van der Waals surface area contributed by atoms with Gasteiger partial charge in [0.15, 0.2) is 0 Å². The number of nitrogens with zero attached hydrogens (tertiary/aromatic N) is 1. The number of hydrogen-bond donors (Lipinski definition) is 3. The van der Waals surface area contributed by atoms with Gasteiger partial charge in [0.1, 0.15) is 11.6 Å². The second-order valence-electron chi connectivity index (χ2n) is 7.42. The van der Waals surface area contributed by atoms with E-state index in [1.165, 1.54) is 35.9 Å². The highest BCUT2D eigenvalue weighted by atomic mass is 32.2. The van der Waals surface area contributed by atoms with Crippen LogP contribution in [0.3, 0.4) is 0 Å². The maximum absolute atomic E-state index is 13.6. The van der Waals surface area contributed by atoms with Crippen LogP contribution in [0, 0.1) is 5.82 Å². The van der Waals surface area contributed by atoms with Crippen molar-refractivity contribution in [3.05, 3.63) is 66.1 Å². The molecular formula is C22H24FN3O3S. The van der Waals surface area contributed by atoms with Gasteiger partial charge in [-0.25, -0.2) is 17.5 Å². The van der Waals surface area contributed by atoms with Crippen LogP contribution in [0.25, 0.3) is 16.5 Å². The number of aromatic nitrogens is 1. The van der Waals surface area contributed by atoms with Crippen LogP contribution in [0.5, 0.6) is 5.75 Å². The average Bonchev–Trinajstić information content (AvgIpc) is 3.15. The van der Waals surface area contributed by atoms with Gasteiger partial charge in [-0.3, -0.25) is 4.90 Å². The maximum atomic E-state index is 13.6. The lowest BCUT2D eigenvalue weighted by atomic mass is 9.99. The van der Waals surface area contributed by atoms with Gasteiger partial charge < -0.3 is 10.1 Å². The van der Waals surface area contributed by atoms with E-state index in [2.05, 4.69) is 20.7 Å². The van der Waals surface area contributed by atoms with Crippen LogP contribution in [-0.4, -0.2) is 49.6 Å². The van der Waals surface area contributed by atoms with Crippen molar-refractivity contribution in [1.29, 1.82) is 0 Å². The molecule has 0 saturated carbocycles. The molecule has 6 nitrogen and oxygen atoms in total. The van der Waals surface area contributed by atoms with E-state index in [0.29, 0.717) is 13.0 Å². The van der Waals surface area contributed by atoms with E-state index >= 15 is 0 Å². The molecule has 30 heavy (non-hydrogen) atoms. The molecule has 3 aromatic rings. The Morgan fingerprint density at radius 2 is 2.07 bits per heavy atom. The number of halogens is 1. The smallest absolute Gasteiger partial charge is 0.240 e. The minimum atomic E-state index is -3.62. The van der Waals surface area contributed by atoms with Crippen molar-refractivity contribution in [2.45, 2.75) is 17.7 Å². The van der Waals surface area contributed by atoms with E-state index in [1.807, 2.05) is 6.20 Å². The van der Waals surface area contributed by atoms with Crippen LogP contribution in [0.15, 0.2) is 59.6 Å². The summed E-state index contributed by atoms with van der Waals surface area (Å²) in [5.74, 6) is -0.318. The van der Waals surface area contributed by atoms with Gasteiger partial charge in [0, 0.05) is 42.3 Å². The number of aromatic hydroxyl groups is 1. The monoisotopic (exact) mass is 429 g/mol. The fraction of sp³-hybridized carbons (Fsp3) is 0.273. The molecule has 0 saturated heterocycles. The molecule has 2 heterocycles. The molecule has 0 radical (unpaired) electrons. The molecule has 0 spiro atoms. The standard InChI is InChI=1S/C22H24FN3O3S/c23-17-5-6-22-20(13-17)21(15-24-22)16-7-11-26(12-8-16)10-2-9-25-30(28,29)19-4-1-3-18(27)14-19/h1,3-7,13-15,24-25,27H,2,8-12H2. The summed E-state index contributed by atoms with van der Waals surface area (Å²) >= 11 is 0. The Balaban J connectivity index is 1.29. The van der Waals surface area contributed by atoms with E-state index in [1.54, 1.807) is 12.1 Å². The SMILES string of the molecule is O=S(=O)(NCCCN1CC=C(c2c[nH]c3ccc(F)cc23)CC1)c1cccc(O)c1. The topological polar surface area (TPSA) is 85.4 Å². The largest absolute Gasteiger partial charge is 0.508 e. The normalized spacial score (nSPS) is 15.4. The molecule has 2 aromatic carbocycles. The predicted molar refractivity (Wildman–Crippen MR) is 115 cm³/mol. The third-order valence-corrected chi connectivity index (χ3v) is 6.81. The van der Waals surface area contributed by atoms with Gasteiger partial charge >= 0.3 is 0 Å². The minimum absolute atomic E-state index is 0.0585. The second kappa shape index (κ2) is 8.59. The van der Waals surface area contributed by atoms with Gasteiger partial charge in [-0.15, -0.1) is 0 Å². The highest BCUT2D eigenvalue weighted by molar-refractivity contribution is 7.89. The van der Waals surface area contributed by atoms with Crippen LogP contribution in [0.1, 0.15) is 18.4 Å². The predicted octanol–water partition coefficient (Wildman–Crippen LogP) is 3.47. The van der Waals surface area contributed by atoms with Crippen LogP contribution in [-0.2, 0) is 10.0 Å². The van der Waals surface area contributed by atoms with Crippen molar-refractivity contribution in [3.8, 4) is 5.75 Å². The summed E-state index contributed by atoms with van der Waals surface area (Å²) in [5.41, 5.74) is 3.17. The fourth-order valence-corrected chi connectivity index (χ4v) is 4.87. The molecule has 1 aromatic heterocycles. The summed E-state index contributed by atoms with van der Waals surface area (Å²) in [6.07, 6.45) is 5.63. The van der Waals surface area contributed by atoms with Crippen molar-refractivity contribution in [2.24, 2.45) is 0 Å². The highest BCUT2D eigenvalue weighted by Crippen LogP contribution is 2.29. The van der Waals surface area contributed by atoms with Crippen LogP contribution in [0.4, 0.5) is 4.39 Å². The summed E-state index contributed by atoms with van der Waals surface area (Å²) < 4.78 is 40.7. The quantitative estimate of drug-likeness (QED) is 0.502. The fourth-order valence-electron chi connectivity index (χ4n) is 3.76.